The Labute approximate surface area is 174 Å². The van der Waals surface area contributed by atoms with E-state index in [1.54, 1.807) is 31.2 Å². The van der Waals surface area contributed by atoms with E-state index in [0.29, 0.717) is 16.8 Å². The topological polar surface area (TPSA) is 76.3 Å². The molecular formula is C24H23N3O3. The fourth-order valence-electron chi connectivity index (χ4n) is 3.44. The molecule has 2 unspecified atom stereocenters. The maximum atomic E-state index is 12.7. The number of aromatic nitrogens is 1. The summed E-state index contributed by atoms with van der Waals surface area (Å²) in [5.74, 6) is -0.838. The molecule has 0 aliphatic carbocycles. The van der Waals surface area contributed by atoms with Crippen molar-refractivity contribution in [3.05, 3.63) is 95.0 Å². The van der Waals surface area contributed by atoms with Crippen LogP contribution >= 0.6 is 0 Å². The Kier molecular flexibility index (Phi) is 5.39. The van der Waals surface area contributed by atoms with E-state index in [0.717, 1.165) is 5.69 Å². The largest absolute Gasteiger partial charge is 0.420 e. The second-order valence-electron chi connectivity index (χ2n) is 7.22. The number of rotatable bonds is 6. The van der Waals surface area contributed by atoms with E-state index in [-0.39, 0.29) is 11.9 Å². The number of hydrogen-bond acceptors (Lipinski definition) is 4. The molecule has 0 fully saturated rings. The third kappa shape index (κ3) is 3.98. The Balaban J connectivity index is 1.44. The lowest BCUT2D eigenvalue weighted by atomic mass is 10.1. The molecule has 2 atom stereocenters. The normalized spacial score (nSPS) is 13.0. The van der Waals surface area contributed by atoms with Crippen LogP contribution in [0.25, 0.3) is 11.1 Å². The summed E-state index contributed by atoms with van der Waals surface area (Å²) < 4.78 is 6.59. The molecule has 30 heavy (non-hydrogen) atoms. The van der Waals surface area contributed by atoms with Crippen molar-refractivity contribution in [3.63, 3.8) is 0 Å². The monoisotopic (exact) mass is 401 g/mol. The lowest BCUT2D eigenvalue weighted by Crippen LogP contribution is -2.29. The third-order valence-electron chi connectivity index (χ3n) is 5.12. The summed E-state index contributed by atoms with van der Waals surface area (Å²) in [6.07, 6.45) is 0. The summed E-state index contributed by atoms with van der Waals surface area (Å²) >= 11 is 0. The van der Waals surface area contributed by atoms with Crippen LogP contribution in [0.15, 0.2) is 88.1 Å². The second kappa shape index (κ2) is 8.29. The Morgan fingerprint density at radius 2 is 1.50 bits per heavy atom. The van der Waals surface area contributed by atoms with Gasteiger partial charge in [0.1, 0.15) is 6.04 Å². The molecular weight excluding hydrogens is 378 g/mol. The fourth-order valence-corrected chi connectivity index (χ4v) is 3.44. The third-order valence-corrected chi connectivity index (χ3v) is 5.12. The van der Waals surface area contributed by atoms with Crippen LogP contribution in [0.3, 0.4) is 0 Å². The van der Waals surface area contributed by atoms with E-state index in [1.807, 2.05) is 42.5 Å². The lowest BCUT2D eigenvalue weighted by molar-refractivity contribution is -0.118. The highest BCUT2D eigenvalue weighted by atomic mass is 16.4. The Morgan fingerprint density at radius 1 is 0.867 bits per heavy atom. The predicted molar refractivity (Wildman–Crippen MR) is 119 cm³/mol. The first-order chi connectivity index (χ1) is 14.5. The van der Waals surface area contributed by atoms with Crippen molar-refractivity contribution in [2.75, 3.05) is 10.6 Å². The molecule has 1 amide bonds. The summed E-state index contributed by atoms with van der Waals surface area (Å²) in [5, 5.41) is 6.31. The molecule has 0 aliphatic heterocycles. The fraction of sp³-hybridized carbons (Fsp3) is 0.167. The van der Waals surface area contributed by atoms with Crippen LogP contribution in [0.2, 0.25) is 0 Å². The molecule has 0 spiro atoms. The maximum absolute atomic E-state index is 12.7. The van der Waals surface area contributed by atoms with Gasteiger partial charge in [-0.25, -0.2) is 4.79 Å². The predicted octanol–water partition coefficient (Wildman–Crippen LogP) is 4.97. The van der Waals surface area contributed by atoms with E-state index >= 15 is 0 Å². The number of fused-ring (bicyclic) bond motifs is 1. The molecule has 3 aromatic carbocycles. The number of benzene rings is 3. The first-order valence-electron chi connectivity index (χ1n) is 9.85. The lowest BCUT2D eigenvalue weighted by Gasteiger charge is -2.17. The van der Waals surface area contributed by atoms with Gasteiger partial charge in [-0.2, -0.15) is 0 Å². The first-order valence-corrected chi connectivity index (χ1v) is 9.85. The molecule has 6 nitrogen and oxygen atoms in total. The summed E-state index contributed by atoms with van der Waals surface area (Å²) in [6.45, 7) is 3.77. The zero-order valence-electron chi connectivity index (χ0n) is 16.8. The van der Waals surface area contributed by atoms with Crippen LogP contribution in [0.4, 0.5) is 11.4 Å². The van der Waals surface area contributed by atoms with Gasteiger partial charge < -0.3 is 15.1 Å². The molecule has 0 radical (unpaired) electrons. The molecule has 4 rings (SSSR count). The van der Waals surface area contributed by atoms with Gasteiger partial charge in [-0.15, -0.1) is 0 Å². The zero-order chi connectivity index (χ0) is 21.1. The number of anilines is 2. The van der Waals surface area contributed by atoms with Crippen molar-refractivity contribution in [1.29, 1.82) is 0 Å². The average molecular weight is 401 g/mol. The average Bonchev–Trinajstić information content (AvgIpc) is 3.10. The summed E-state index contributed by atoms with van der Waals surface area (Å²) in [4.78, 5) is 24.9. The summed E-state index contributed by atoms with van der Waals surface area (Å²) in [5.41, 5.74) is 3.87. The highest BCUT2D eigenvalue weighted by molar-refractivity contribution is 5.94. The van der Waals surface area contributed by atoms with Gasteiger partial charge in [0.25, 0.3) is 0 Å². The van der Waals surface area contributed by atoms with Gasteiger partial charge in [-0.3, -0.25) is 9.36 Å². The SMILES string of the molecule is CC(Nc1ccc(NC(=O)C(C)n2c(=O)oc3ccccc32)cc1)c1ccccc1. The van der Waals surface area contributed by atoms with Gasteiger partial charge in [-0.05, 0) is 55.8 Å². The summed E-state index contributed by atoms with van der Waals surface area (Å²) in [6, 6.07) is 24.2. The van der Waals surface area contributed by atoms with E-state index < -0.39 is 11.8 Å². The highest BCUT2D eigenvalue weighted by Crippen LogP contribution is 2.22. The Morgan fingerprint density at radius 3 is 2.23 bits per heavy atom. The maximum Gasteiger partial charge on any atom is 0.420 e. The zero-order valence-corrected chi connectivity index (χ0v) is 16.8. The van der Waals surface area contributed by atoms with Crippen molar-refractivity contribution in [2.45, 2.75) is 25.9 Å². The molecule has 4 aromatic rings. The van der Waals surface area contributed by atoms with Gasteiger partial charge in [0.05, 0.1) is 5.52 Å². The molecule has 6 heteroatoms. The van der Waals surface area contributed by atoms with Crippen LogP contribution in [0.5, 0.6) is 0 Å². The highest BCUT2D eigenvalue weighted by Gasteiger charge is 2.21. The Bertz CT molecular complexity index is 1210. The molecule has 1 heterocycles. The molecule has 0 saturated carbocycles. The molecule has 0 aliphatic rings. The minimum atomic E-state index is -0.711. The van der Waals surface area contributed by atoms with Crippen LogP contribution < -0.4 is 16.4 Å². The number of carbonyl (C=O) groups is 1. The van der Waals surface area contributed by atoms with Crippen molar-refractivity contribution in [2.24, 2.45) is 0 Å². The summed E-state index contributed by atoms with van der Waals surface area (Å²) in [7, 11) is 0. The Hall–Kier alpha value is -3.80. The number of nitrogens with one attached hydrogen (secondary N) is 2. The quantitative estimate of drug-likeness (QED) is 0.478. The molecule has 1 aromatic heterocycles. The van der Waals surface area contributed by atoms with E-state index in [1.165, 1.54) is 10.1 Å². The van der Waals surface area contributed by atoms with E-state index in [4.69, 9.17) is 4.42 Å². The van der Waals surface area contributed by atoms with Crippen LogP contribution in [0, 0.1) is 0 Å². The van der Waals surface area contributed by atoms with Crippen LogP contribution in [-0.4, -0.2) is 10.5 Å². The van der Waals surface area contributed by atoms with E-state index in [2.05, 4.69) is 29.7 Å². The number of para-hydroxylation sites is 2. The van der Waals surface area contributed by atoms with Crippen molar-refractivity contribution in [1.82, 2.24) is 4.57 Å². The molecule has 152 valence electrons. The smallest absolute Gasteiger partial charge is 0.408 e. The van der Waals surface area contributed by atoms with Crippen LogP contribution in [-0.2, 0) is 4.79 Å². The van der Waals surface area contributed by atoms with Crippen molar-refractivity contribution in [3.8, 4) is 0 Å². The van der Waals surface area contributed by atoms with Gasteiger partial charge in [0.15, 0.2) is 5.58 Å². The molecule has 0 bridgehead atoms. The second-order valence-corrected chi connectivity index (χ2v) is 7.22. The van der Waals surface area contributed by atoms with Gasteiger partial charge in [0.2, 0.25) is 5.91 Å². The molecule has 2 N–H and O–H groups in total. The van der Waals surface area contributed by atoms with Crippen molar-refractivity contribution >= 4 is 28.4 Å². The number of hydrogen-bond donors (Lipinski definition) is 2. The number of oxazole rings is 1. The number of nitrogens with zero attached hydrogens (tertiary/aromatic N) is 1. The standard InChI is InChI=1S/C24H23N3O3/c1-16(18-8-4-3-5-9-18)25-19-12-14-20(15-13-19)26-23(28)17(2)27-21-10-6-7-11-22(21)30-24(27)29/h3-17,25H,1-2H3,(H,26,28). The molecule has 0 saturated heterocycles. The minimum Gasteiger partial charge on any atom is -0.408 e. The van der Waals surface area contributed by atoms with Gasteiger partial charge >= 0.3 is 5.76 Å². The first kappa shape index (κ1) is 19.5. The van der Waals surface area contributed by atoms with Crippen molar-refractivity contribution < 1.29 is 9.21 Å². The number of carbonyl (C=O) groups excluding carboxylic acids is 1. The van der Waals surface area contributed by atoms with Crippen LogP contribution in [0.1, 0.15) is 31.5 Å². The van der Waals surface area contributed by atoms with Gasteiger partial charge in [-0.1, -0.05) is 42.5 Å². The van der Waals surface area contributed by atoms with Gasteiger partial charge in [0, 0.05) is 17.4 Å². The van der Waals surface area contributed by atoms with E-state index in [9.17, 15) is 9.59 Å². The minimum absolute atomic E-state index is 0.160. The number of amides is 1.